The Morgan fingerprint density at radius 1 is 0.421 bits per heavy atom. The summed E-state index contributed by atoms with van der Waals surface area (Å²) in [5.74, 6) is 1.57. The minimum absolute atomic E-state index is 0. The summed E-state index contributed by atoms with van der Waals surface area (Å²) in [5, 5.41) is 7.79. The molecule has 0 N–H and O–H groups in total. The lowest BCUT2D eigenvalue weighted by Crippen LogP contribution is -2.44. The fourth-order valence-electron chi connectivity index (χ4n) is 12.4. The summed E-state index contributed by atoms with van der Waals surface area (Å²) in [7, 11) is 1.67. The van der Waals surface area contributed by atoms with E-state index in [0.29, 0.717) is 5.54 Å². The van der Waals surface area contributed by atoms with Crippen molar-refractivity contribution in [3.05, 3.63) is 263 Å². The third kappa shape index (κ3) is 17.3. The predicted molar refractivity (Wildman–Crippen MR) is 407 cm³/mol. The van der Waals surface area contributed by atoms with E-state index in [2.05, 4.69) is 270 Å². The van der Waals surface area contributed by atoms with E-state index in [4.69, 9.17) is 24.7 Å². The minimum Gasteiger partial charge on any atom is -0.497 e. The second-order valence-corrected chi connectivity index (χ2v) is 30.5. The SMILES string of the molecule is C.CC(C)(C)N1CCc2ccccc2C1.CC(C)(C)N1c2ccccc2CCc2ccccc21.CC(C)(C)c1cc(-c2nccs2)nc2ccccc12.CC(C)(C)c1nc(-c2ccccc2)cc2ccccc12.COc1ccc2c(C(C)(C)C)nc(-c3ccccc3)nc2c1. The number of nitrogens with zero attached hydrogens (tertiary/aromatic N) is 7. The van der Waals surface area contributed by atoms with Gasteiger partial charge in [0.1, 0.15) is 10.8 Å². The van der Waals surface area contributed by atoms with Crippen LogP contribution in [-0.4, -0.2) is 54.6 Å². The summed E-state index contributed by atoms with van der Waals surface area (Å²) in [6, 6.07) is 74.1. The number of aryl methyl sites for hydroxylation is 2. The van der Waals surface area contributed by atoms with Crippen LogP contribution in [0.1, 0.15) is 150 Å². The molecule has 8 nitrogen and oxygen atoms in total. The monoisotopic (exact) mass is 1280 g/mol. The molecule has 14 rings (SSSR count). The Morgan fingerprint density at radius 2 is 0.958 bits per heavy atom. The number of para-hydroxylation sites is 3. The summed E-state index contributed by atoms with van der Waals surface area (Å²) in [4.78, 5) is 28.7. The number of hydrogen-bond donors (Lipinski definition) is 0. The summed E-state index contributed by atoms with van der Waals surface area (Å²) in [5.41, 5.74) is 18.8. The second-order valence-electron chi connectivity index (χ2n) is 29.6. The number of thiazole rings is 1. The van der Waals surface area contributed by atoms with Gasteiger partial charge in [-0.3, -0.25) is 9.88 Å². The lowest BCUT2D eigenvalue weighted by molar-refractivity contribution is 0.121. The standard InChI is InChI=1S/C19H20N2O.C19H19N.C18H21N.C16H16N2S.C13H19N.CH4/c1-19(2,3)17-15-11-10-14(22-4)12-16(15)20-18(21-17)13-8-6-5-7-9-13;1-19(2,3)18-16-12-8-7-11-15(16)13-17(20-18)14-9-5-4-6-10-14;1-18(2,3)19-16-10-6-4-8-14(16)12-13-15-9-5-7-11-17(15)19;1-16(2,3)12-10-14(15-17-8-9-19-15)18-13-7-5-4-6-11(12)13;1-13(2,3)14-9-8-11-6-4-5-7-12(11)10-14;/h5-12H,1-4H3;4-13H,1-3H3;4-11H,12-13H2,1-3H3;4-10H,1-3H3;4-7H,8-10H2,1-3H3;1H4. The van der Waals surface area contributed by atoms with Gasteiger partial charge in [-0.05, 0) is 142 Å². The number of hydrogen-bond acceptors (Lipinski definition) is 9. The van der Waals surface area contributed by atoms with Gasteiger partial charge in [-0.2, -0.15) is 0 Å². The minimum atomic E-state index is -0.0562. The lowest BCUT2D eigenvalue weighted by atomic mass is 9.84. The maximum absolute atomic E-state index is 5.33. The van der Waals surface area contributed by atoms with Crippen molar-refractivity contribution in [3.63, 3.8) is 0 Å². The number of benzene rings is 8. The molecule has 9 heteroatoms. The normalized spacial score (nSPS) is 13.1. The Kier molecular flexibility index (Phi) is 22.1. The Balaban J connectivity index is 0.000000140. The molecule has 6 heterocycles. The molecule has 2 aliphatic rings. The highest BCUT2D eigenvalue weighted by Gasteiger charge is 2.30. The van der Waals surface area contributed by atoms with Crippen LogP contribution in [0.4, 0.5) is 11.4 Å². The zero-order valence-corrected chi connectivity index (χ0v) is 59.2. The number of aromatic nitrogens is 5. The van der Waals surface area contributed by atoms with Gasteiger partial charge in [-0.25, -0.2) is 19.9 Å². The number of methoxy groups -OCH3 is 1. The van der Waals surface area contributed by atoms with E-state index in [1.165, 1.54) is 73.9 Å². The fraction of sp³-hybridized carbons (Fsp3) is 0.314. The van der Waals surface area contributed by atoms with E-state index in [9.17, 15) is 0 Å². The molecule has 0 radical (unpaired) electrons. The molecule has 0 atom stereocenters. The average Bonchev–Trinajstić information content (AvgIpc) is 1.67. The first-order chi connectivity index (χ1) is 44.7. The van der Waals surface area contributed by atoms with E-state index in [1.54, 1.807) is 18.4 Å². The molecule has 490 valence electrons. The number of fused-ring (bicyclic) bond motifs is 6. The third-order valence-corrected chi connectivity index (χ3v) is 18.0. The summed E-state index contributed by atoms with van der Waals surface area (Å²) in [6.07, 6.45) is 5.28. The maximum Gasteiger partial charge on any atom is 0.160 e. The van der Waals surface area contributed by atoms with E-state index >= 15 is 0 Å². The molecular formula is C86H99N7OS. The fourth-order valence-corrected chi connectivity index (χ4v) is 13.0. The molecule has 0 amide bonds. The number of pyridine rings is 2. The van der Waals surface area contributed by atoms with Gasteiger partial charge in [0, 0.05) is 91.3 Å². The Labute approximate surface area is 571 Å². The van der Waals surface area contributed by atoms with Gasteiger partial charge in [0.15, 0.2) is 5.82 Å². The zero-order valence-electron chi connectivity index (χ0n) is 58.3. The molecular weight excluding hydrogens is 1180 g/mol. The van der Waals surface area contributed by atoms with Crippen LogP contribution in [0.2, 0.25) is 0 Å². The molecule has 8 aromatic carbocycles. The quantitative estimate of drug-likeness (QED) is 0.172. The van der Waals surface area contributed by atoms with E-state index < -0.39 is 0 Å². The first-order valence-electron chi connectivity index (χ1n) is 33.2. The highest BCUT2D eigenvalue weighted by Crippen LogP contribution is 2.41. The molecule has 0 saturated heterocycles. The molecule has 0 spiro atoms. The van der Waals surface area contributed by atoms with E-state index in [0.717, 1.165) is 80.7 Å². The van der Waals surface area contributed by atoms with Crippen LogP contribution >= 0.6 is 11.3 Å². The van der Waals surface area contributed by atoms with Crippen LogP contribution in [-0.2, 0) is 42.1 Å². The zero-order chi connectivity index (χ0) is 67.0. The topological polar surface area (TPSA) is 80.2 Å². The van der Waals surface area contributed by atoms with Gasteiger partial charge >= 0.3 is 0 Å². The third-order valence-electron chi connectivity index (χ3n) is 17.2. The van der Waals surface area contributed by atoms with Crippen LogP contribution in [0.25, 0.3) is 65.9 Å². The van der Waals surface area contributed by atoms with Crippen molar-refractivity contribution in [3.8, 4) is 39.1 Å². The molecule has 0 fully saturated rings. The smallest absolute Gasteiger partial charge is 0.160 e. The van der Waals surface area contributed by atoms with Crippen molar-refractivity contribution in [1.29, 1.82) is 0 Å². The molecule has 2 aliphatic heterocycles. The first-order valence-corrected chi connectivity index (χ1v) is 34.1. The van der Waals surface area contributed by atoms with Crippen molar-refractivity contribution in [2.75, 3.05) is 18.6 Å². The highest BCUT2D eigenvalue weighted by molar-refractivity contribution is 7.13. The summed E-state index contributed by atoms with van der Waals surface area (Å²) in [6.45, 7) is 35.9. The van der Waals surface area contributed by atoms with Crippen LogP contribution in [0.15, 0.2) is 224 Å². The maximum atomic E-state index is 5.33. The Bertz CT molecular complexity index is 4440. The molecule has 12 aromatic rings. The van der Waals surface area contributed by atoms with Gasteiger partial charge in [0.2, 0.25) is 0 Å². The van der Waals surface area contributed by atoms with Gasteiger partial charge in [0.25, 0.3) is 0 Å². The summed E-state index contributed by atoms with van der Waals surface area (Å²) >= 11 is 1.63. The summed E-state index contributed by atoms with van der Waals surface area (Å²) < 4.78 is 5.33. The van der Waals surface area contributed by atoms with Gasteiger partial charge in [-0.15, -0.1) is 11.3 Å². The van der Waals surface area contributed by atoms with Crippen LogP contribution in [0.5, 0.6) is 5.75 Å². The average molecular weight is 1280 g/mol. The van der Waals surface area contributed by atoms with Gasteiger partial charge < -0.3 is 9.64 Å². The van der Waals surface area contributed by atoms with Gasteiger partial charge in [-0.1, -0.05) is 234 Å². The number of rotatable bonds is 4. The van der Waals surface area contributed by atoms with Crippen molar-refractivity contribution in [2.45, 2.75) is 164 Å². The predicted octanol–water partition coefficient (Wildman–Crippen LogP) is 22.7. The number of ether oxygens (including phenoxy) is 1. The van der Waals surface area contributed by atoms with Crippen LogP contribution in [0.3, 0.4) is 0 Å². The number of anilines is 2. The van der Waals surface area contributed by atoms with Crippen molar-refractivity contribution >= 4 is 55.3 Å². The molecule has 4 aromatic heterocycles. The molecule has 0 aliphatic carbocycles. The van der Waals surface area contributed by atoms with Crippen molar-refractivity contribution < 1.29 is 4.74 Å². The largest absolute Gasteiger partial charge is 0.497 e. The molecule has 95 heavy (non-hydrogen) atoms. The first kappa shape index (κ1) is 70.4. The lowest BCUT2D eigenvalue weighted by Gasteiger charge is -2.39. The van der Waals surface area contributed by atoms with Crippen molar-refractivity contribution in [1.82, 2.24) is 29.8 Å². The molecule has 0 bridgehead atoms. The molecule has 0 unspecified atom stereocenters. The van der Waals surface area contributed by atoms with Crippen LogP contribution < -0.4 is 9.64 Å². The highest BCUT2D eigenvalue weighted by atomic mass is 32.1. The second kappa shape index (κ2) is 29.8. The Hall–Kier alpha value is -8.89. The van der Waals surface area contributed by atoms with Gasteiger partial charge in [0.05, 0.1) is 40.9 Å². The van der Waals surface area contributed by atoms with Crippen LogP contribution in [0, 0.1) is 0 Å². The van der Waals surface area contributed by atoms with Crippen molar-refractivity contribution in [2.24, 2.45) is 0 Å². The Morgan fingerprint density at radius 3 is 1.53 bits per heavy atom. The molecule has 0 saturated carbocycles. The van der Waals surface area contributed by atoms with E-state index in [-0.39, 0.29) is 29.2 Å². The van der Waals surface area contributed by atoms with E-state index in [1.807, 2.05) is 72.2 Å².